The van der Waals surface area contributed by atoms with Crippen LogP contribution < -0.4 is 9.62 Å². The van der Waals surface area contributed by atoms with E-state index in [1.807, 2.05) is 6.92 Å². The molecule has 37 heavy (non-hydrogen) atoms. The molecule has 0 aliphatic heterocycles. The summed E-state index contributed by atoms with van der Waals surface area (Å²) in [5, 5.41) is 3.84. The molecule has 1 atom stereocenters. The maximum absolute atomic E-state index is 13.8. The molecule has 2 aromatic rings. The molecule has 3 rings (SSSR count). The van der Waals surface area contributed by atoms with Crippen molar-refractivity contribution in [2.45, 2.75) is 64.1 Å². The van der Waals surface area contributed by atoms with E-state index in [2.05, 4.69) is 5.32 Å². The molecule has 0 aromatic heterocycles. The molecule has 11 heteroatoms. The van der Waals surface area contributed by atoms with Crippen LogP contribution in [0.5, 0.6) is 0 Å². The van der Waals surface area contributed by atoms with Gasteiger partial charge in [0.05, 0.1) is 22.0 Å². The van der Waals surface area contributed by atoms with Gasteiger partial charge >= 0.3 is 0 Å². The van der Waals surface area contributed by atoms with Crippen LogP contribution in [0, 0.1) is 0 Å². The lowest BCUT2D eigenvalue weighted by molar-refractivity contribution is -0.140. The van der Waals surface area contributed by atoms with Crippen molar-refractivity contribution in [1.29, 1.82) is 0 Å². The molecule has 2 aromatic carbocycles. The number of sulfonamides is 1. The van der Waals surface area contributed by atoms with E-state index < -0.39 is 28.5 Å². The molecule has 0 bridgehead atoms. The van der Waals surface area contributed by atoms with E-state index in [0.717, 1.165) is 48.2 Å². The third-order valence-electron chi connectivity index (χ3n) is 6.48. The summed E-state index contributed by atoms with van der Waals surface area (Å²) in [7, 11) is -3.91. The van der Waals surface area contributed by atoms with Crippen LogP contribution in [-0.4, -0.2) is 50.0 Å². The number of benzene rings is 2. The van der Waals surface area contributed by atoms with Gasteiger partial charge in [0.2, 0.25) is 21.8 Å². The smallest absolute Gasteiger partial charge is 0.244 e. The van der Waals surface area contributed by atoms with Gasteiger partial charge in [0.25, 0.3) is 0 Å². The van der Waals surface area contributed by atoms with Crippen molar-refractivity contribution in [2.75, 3.05) is 17.1 Å². The van der Waals surface area contributed by atoms with Crippen molar-refractivity contribution < 1.29 is 18.0 Å². The van der Waals surface area contributed by atoms with Crippen molar-refractivity contribution >= 4 is 62.3 Å². The summed E-state index contributed by atoms with van der Waals surface area (Å²) in [6, 6.07) is 10.8. The first-order valence-electron chi connectivity index (χ1n) is 12.3. The van der Waals surface area contributed by atoms with Gasteiger partial charge in [0.15, 0.2) is 0 Å². The summed E-state index contributed by atoms with van der Waals surface area (Å²) in [5.41, 5.74) is 0.851. The lowest BCUT2D eigenvalue weighted by atomic mass is 9.95. The van der Waals surface area contributed by atoms with Crippen LogP contribution in [0.25, 0.3) is 0 Å². The molecule has 0 radical (unpaired) electrons. The monoisotopic (exact) mass is 587 g/mol. The molecule has 1 aliphatic carbocycles. The normalized spacial score (nSPS) is 15.2. The maximum Gasteiger partial charge on any atom is 0.244 e. The molecular formula is C26H32Cl3N3O4S. The van der Waals surface area contributed by atoms with Crippen LogP contribution in [0.2, 0.25) is 15.1 Å². The van der Waals surface area contributed by atoms with Gasteiger partial charge in [-0.2, -0.15) is 0 Å². The number of nitrogens with zero attached hydrogens (tertiary/aromatic N) is 2. The minimum Gasteiger partial charge on any atom is -0.352 e. The maximum atomic E-state index is 13.8. The quantitative estimate of drug-likeness (QED) is 0.388. The van der Waals surface area contributed by atoms with E-state index in [9.17, 15) is 18.0 Å². The Bertz CT molecular complexity index is 1200. The highest BCUT2D eigenvalue weighted by Gasteiger charge is 2.33. The number of hydrogen-bond donors (Lipinski definition) is 1. The van der Waals surface area contributed by atoms with E-state index in [0.29, 0.717) is 11.4 Å². The molecule has 0 unspecified atom stereocenters. The molecule has 202 valence electrons. The Morgan fingerprint density at radius 2 is 1.68 bits per heavy atom. The molecule has 1 fully saturated rings. The Labute approximate surface area is 234 Å². The van der Waals surface area contributed by atoms with Crippen molar-refractivity contribution in [3.63, 3.8) is 0 Å². The van der Waals surface area contributed by atoms with Gasteiger partial charge in [-0.25, -0.2) is 8.42 Å². The highest BCUT2D eigenvalue weighted by Crippen LogP contribution is 2.34. The number of halogens is 3. The lowest BCUT2D eigenvalue weighted by Gasteiger charge is -2.34. The van der Waals surface area contributed by atoms with Crippen LogP contribution in [0.1, 0.15) is 51.0 Å². The minimum atomic E-state index is -3.91. The van der Waals surface area contributed by atoms with Gasteiger partial charge in [-0.3, -0.25) is 13.9 Å². The zero-order valence-electron chi connectivity index (χ0n) is 20.9. The van der Waals surface area contributed by atoms with Gasteiger partial charge in [-0.1, -0.05) is 79.2 Å². The molecule has 1 saturated carbocycles. The Balaban J connectivity index is 1.93. The molecule has 2 amide bonds. The highest BCUT2D eigenvalue weighted by molar-refractivity contribution is 7.92. The van der Waals surface area contributed by atoms with E-state index in [1.54, 1.807) is 30.3 Å². The summed E-state index contributed by atoms with van der Waals surface area (Å²) in [5.74, 6) is -0.787. The van der Waals surface area contributed by atoms with Crippen molar-refractivity contribution in [3.05, 3.63) is 63.1 Å². The number of hydrogen-bond acceptors (Lipinski definition) is 4. The zero-order valence-corrected chi connectivity index (χ0v) is 24.0. The minimum absolute atomic E-state index is 0.0220. The van der Waals surface area contributed by atoms with Crippen molar-refractivity contribution in [2.24, 2.45) is 0 Å². The number of carbonyl (C=O) groups excluding carboxylic acids is 2. The SMILES string of the molecule is CC[C@H](C(=O)NC1CCCCC1)N(Cc1ccc(Cl)cc1)C(=O)CN(c1cccc(Cl)c1Cl)S(C)(=O)=O. The van der Waals surface area contributed by atoms with Crippen molar-refractivity contribution in [1.82, 2.24) is 10.2 Å². The van der Waals surface area contributed by atoms with Gasteiger partial charge < -0.3 is 10.2 Å². The second-order valence-electron chi connectivity index (χ2n) is 9.26. The zero-order chi connectivity index (χ0) is 27.2. The second-order valence-corrected chi connectivity index (χ2v) is 12.4. The third-order valence-corrected chi connectivity index (χ3v) is 8.67. The molecule has 1 N–H and O–H groups in total. The van der Waals surface area contributed by atoms with Crippen molar-refractivity contribution in [3.8, 4) is 0 Å². The fraction of sp³-hybridized carbons (Fsp3) is 0.462. The molecule has 1 aliphatic rings. The topological polar surface area (TPSA) is 86.8 Å². The van der Waals surface area contributed by atoms with E-state index in [-0.39, 0.29) is 34.2 Å². The summed E-state index contributed by atoms with van der Waals surface area (Å²) < 4.78 is 26.4. The Morgan fingerprint density at radius 1 is 1.03 bits per heavy atom. The van der Waals surface area contributed by atoms with Gasteiger partial charge in [-0.15, -0.1) is 0 Å². The molecule has 0 heterocycles. The van der Waals surface area contributed by atoms with Crippen LogP contribution in [0.15, 0.2) is 42.5 Å². The summed E-state index contributed by atoms with van der Waals surface area (Å²) in [4.78, 5) is 28.6. The Hall–Kier alpha value is -2.00. The van der Waals surface area contributed by atoms with Gasteiger partial charge in [-0.05, 0) is 49.1 Å². The van der Waals surface area contributed by atoms with E-state index in [4.69, 9.17) is 34.8 Å². The predicted molar refractivity (Wildman–Crippen MR) is 150 cm³/mol. The predicted octanol–water partition coefficient (Wildman–Crippen LogP) is 5.67. The fourth-order valence-electron chi connectivity index (χ4n) is 4.53. The largest absolute Gasteiger partial charge is 0.352 e. The standard InChI is InChI=1S/C26H32Cl3N3O4S/c1-3-22(26(34)30-20-8-5-4-6-9-20)31(16-18-12-14-19(27)15-13-18)24(33)17-32(37(2,35)36)23-11-7-10-21(28)25(23)29/h7,10-15,20,22H,3-6,8-9,16-17H2,1-2H3,(H,30,34)/t22-/m1/s1. The number of carbonyl (C=O) groups is 2. The Kier molecular flexibility index (Phi) is 10.5. The third kappa shape index (κ3) is 7.99. The molecular weight excluding hydrogens is 557 g/mol. The second kappa shape index (κ2) is 13.2. The first kappa shape index (κ1) is 29.6. The number of amides is 2. The average Bonchev–Trinajstić information content (AvgIpc) is 2.85. The summed E-state index contributed by atoms with van der Waals surface area (Å²) >= 11 is 18.5. The highest BCUT2D eigenvalue weighted by atomic mass is 35.5. The van der Waals surface area contributed by atoms with E-state index >= 15 is 0 Å². The van der Waals surface area contributed by atoms with E-state index in [1.165, 1.54) is 17.0 Å². The number of rotatable bonds is 10. The lowest BCUT2D eigenvalue weighted by Crippen LogP contribution is -2.54. The summed E-state index contributed by atoms with van der Waals surface area (Å²) in [6.07, 6.45) is 6.42. The van der Waals surface area contributed by atoms with Crippen LogP contribution in [-0.2, 0) is 26.2 Å². The fourth-order valence-corrected chi connectivity index (χ4v) is 5.96. The van der Waals surface area contributed by atoms with Gasteiger partial charge in [0.1, 0.15) is 12.6 Å². The molecule has 0 spiro atoms. The summed E-state index contributed by atoms with van der Waals surface area (Å²) in [6.45, 7) is 1.39. The number of anilines is 1. The van der Waals surface area contributed by atoms with Crippen LogP contribution >= 0.6 is 34.8 Å². The van der Waals surface area contributed by atoms with Crippen LogP contribution in [0.3, 0.4) is 0 Å². The Morgan fingerprint density at radius 3 is 2.27 bits per heavy atom. The average molecular weight is 589 g/mol. The molecule has 7 nitrogen and oxygen atoms in total. The van der Waals surface area contributed by atoms with Gasteiger partial charge in [0, 0.05) is 17.6 Å². The first-order valence-corrected chi connectivity index (χ1v) is 15.3. The van der Waals surface area contributed by atoms with Crippen LogP contribution in [0.4, 0.5) is 5.69 Å². The molecule has 0 saturated heterocycles. The number of nitrogens with one attached hydrogen (secondary N) is 1. The first-order chi connectivity index (χ1) is 17.5.